The molecular weight excluding hydrogens is 348 g/mol. The molecule has 1 N–H and O–H groups in total. The number of hydrogen-bond acceptors (Lipinski definition) is 3. The van der Waals surface area contributed by atoms with Crippen LogP contribution in [-0.2, 0) is 0 Å². The average molecular weight is 368 g/mol. The third kappa shape index (κ3) is 3.69. The zero-order chi connectivity index (χ0) is 19.5. The Hall–Kier alpha value is -3.73. The molecule has 0 saturated carbocycles. The highest BCUT2D eigenvalue weighted by atomic mass is 16.2. The molecule has 0 unspecified atom stereocenters. The van der Waals surface area contributed by atoms with E-state index in [0.717, 1.165) is 28.1 Å². The van der Waals surface area contributed by atoms with Crippen molar-refractivity contribution < 1.29 is 4.79 Å². The van der Waals surface area contributed by atoms with Crippen LogP contribution in [0.3, 0.4) is 0 Å². The maximum absolute atomic E-state index is 12.8. The van der Waals surface area contributed by atoms with Crippen molar-refractivity contribution in [3.63, 3.8) is 0 Å². The minimum absolute atomic E-state index is 0.126. The molecule has 4 aromatic rings. The molecule has 0 atom stereocenters. The van der Waals surface area contributed by atoms with Gasteiger partial charge in [-0.3, -0.25) is 4.79 Å². The van der Waals surface area contributed by atoms with E-state index in [1.807, 2.05) is 92.7 Å². The van der Waals surface area contributed by atoms with Gasteiger partial charge < -0.3 is 5.32 Å². The lowest BCUT2D eigenvalue weighted by atomic mass is 10.2. The Morgan fingerprint density at radius 2 is 1.61 bits per heavy atom. The van der Waals surface area contributed by atoms with Crippen LogP contribution in [0.2, 0.25) is 0 Å². The van der Waals surface area contributed by atoms with E-state index in [4.69, 9.17) is 0 Å². The fraction of sp³-hybridized carbons (Fsp3) is 0.0870. The highest BCUT2D eigenvalue weighted by Crippen LogP contribution is 2.22. The number of aromatic nitrogens is 3. The normalized spacial score (nSPS) is 10.6. The van der Waals surface area contributed by atoms with E-state index in [1.165, 1.54) is 0 Å². The summed E-state index contributed by atoms with van der Waals surface area (Å²) in [7, 11) is 0. The molecule has 0 fully saturated rings. The molecule has 0 spiro atoms. The minimum atomic E-state index is -0.339. The first-order chi connectivity index (χ1) is 13.6. The summed E-state index contributed by atoms with van der Waals surface area (Å²) in [5, 5.41) is 7.37. The van der Waals surface area contributed by atoms with Crippen molar-refractivity contribution in [1.29, 1.82) is 0 Å². The van der Waals surface area contributed by atoms with Gasteiger partial charge >= 0.3 is 0 Å². The standard InChI is InChI=1S/C23H20N4O/c1-16-11-13-20(14-12-16)27-22(18-8-4-3-5-9-18)25-21(26-27)23(28)24-19-10-6-7-17(2)15-19/h3-15H,1-2H3,(H,24,28). The summed E-state index contributed by atoms with van der Waals surface area (Å²) in [6.07, 6.45) is 0. The van der Waals surface area contributed by atoms with E-state index in [-0.39, 0.29) is 11.7 Å². The van der Waals surface area contributed by atoms with Gasteiger partial charge in [-0.15, -0.1) is 5.10 Å². The van der Waals surface area contributed by atoms with Crippen LogP contribution in [0, 0.1) is 13.8 Å². The van der Waals surface area contributed by atoms with Gasteiger partial charge in [0.05, 0.1) is 5.69 Å². The molecule has 138 valence electrons. The van der Waals surface area contributed by atoms with E-state index in [0.29, 0.717) is 5.82 Å². The number of hydrogen-bond donors (Lipinski definition) is 1. The Kier molecular flexibility index (Phi) is 4.72. The monoisotopic (exact) mass is 368 g/mol. The number of rotatable bonds is 4. The number of carbonyl (C=O) groups excluding carboxylic acids is 1. The topological polar surface area (TPSA) is 59.8 Å². The maximum atomic E-state index is 12.8. The van der Waals surface area contributed by atoms with E-state index in [2.05, 4.69) is 15.4 Å². The second kappa shape index (κ2) is 7.48. The first kappa shape index (κ1) is 17.7. The van der Waals surface area contributed by atoms with Crippen molar-refractivity contribution in [1.82, 2.24) is 14.8 Å². The van der Waals surface area contributed by atoms with Crippen molar-refractivity contribution in [2.24, 2.45) is 0 Å². The lowest BCUT2D eigenvalue weighted by Crippen LogP contribution is -2.14. The Labute approximate surface area is 163 Å². The molecule has 0 aliphatic rings. The molecule has 0 radical (unpaired) electrons. The number of nitrogens with zero attached hydrogens (tertiary/aromatic N) is 3. The molecule has 0 aliphatic heterocycles. The van der Waals surface area contributed by atoms with E-state index < -0.39 is 0 Å². The number of aryl methyl sites for hydroxylation is 2. The number of amides is 1. The fourth-order valence-electron chi connectivity index (χ4n) is 2.96. The molecule has 0 saturated heterocycles. The first-order valence-corrected chi connectivity index (χ1v) is 9.08. The van der Waals surface area contributed by atoms with E-state index >= 15 is 0 Å². The van der Waals surface area contributed by atoms with Gasteiger partial charge in [0, 0.05) is 11.3 Å². The third-order valence-corrected chi connectivity index (χ3v) is 4.40. The summed E-state index contributed by atoms with van der Waals surface area (Å²) >= 11 is 0. The minimum Gasteiger partial charge on any atom is -0.319 e. The third-order valence-electron chi connectivity index (χ3n) is 4.40. The number of carbonyl (C=O) groups is 1. The van der Waals surface area contributed by atoms with Gasteiger partial charge in [0.15, 0.2) is 5.82 Å². The van der Waals surface area contributed by atoms with Crippen molar-refractivity contribution in [3.8, 4) is 17.1 Å². The summed E-state index contributed by atoms with van der Waals surface area (Å²) in [6.45, 7) is 4.01. The highest BCUT2D eigenvalue weighted by Gasteiger charge is 2.19. The maximum Gasteiger partial charge on any atom is 0.295 e. The number of benzene rings is 3. The Morgan fingerprint density at radius 1 is 0.857 bits per heavy atom. The zero-order valence-electron chi connectivity index (χ0n) is 15.8. The van der Waals surface area contributed by atoms with Crippen molar-refractivity contribution in [2.75, 3.05) is 5.32 Å². The van der Waals surface area contributed by atoms with Crippen LogP contribution in [-0.4, -0.2) is 20.7 Å². The van der Waals surface area contributed by atoms with Crippen LogP contribution in [0.4, 0.5) is 5.69 Å². The second-order valence-corrected chi connectivity index (χ2v) is 6.70. The largest absolute Gasteiger partial charge is 0.319 e. The lowest BCUT2D eigenvalue weighted by molar-refractivity contribution is 0.101. The Bertz CT molecular complexity index is 1120. The lowest BCUT2D eigenvalue weighted by Gasteiger charge is -2.06. The predicted octanol–water partition coefficient (Wildman–Crippen LogP) is 4.80. The smallest absolute Gasteiger partial charge is 0.295 e. The molecule has 5 heteroatoms. The van der Waals surface area contributed by atoms with Gasteiger partial charge in [0.1, 0.15) is 0 Å². The van der Waals surface area contributed by atoms with Crippen LogP contribution in [0.1, 0.15) is 21.7 Å². The molecular formula is C23H20N4O. The van der Waals surface area contributed by atoms with Crippen LogP contribution in [0.15, 0.2) is 78.9 Å². The molecule has 28 heavy (non-hydrogen) atoms. The summed E-state index contributed by atoms with van der Waals surface area (Å²) in [5.41, 5.74) is 4.69. The Morgan fingerprint density at radius 3 is 2.32 bits per heavy atom. The summed E-state index contributed by atoms with van der Waals surface area (Å²) in [6, 6.07) is 25.3. The van der Waals surface area contributed by atoms with Gasteiger partial charge in [-0.05, 0) is 43.7 Å². The van der Waals surface area contributed by atoms with Gasteiger partial charge in [-0.25, -0.2) is 9.67 Å². The van der Waals surface area contributed by atoms with Crippen molar-refractivity contribution in [3.05, 3.63) is 95.8 Å². The molecule has 0 aliphatic carbocycles. The molecule has 1 amide bonds. The van der Waals surface area contributed by atoms with Crippen molar-refractivity contribution in [2.45, 2.75) is 13.8 Å². The van der Waals surface area contributed by atoms with Crippen LogP contribution in [0.5, 0.6) is 0 Å². The predicted molar refractivity (Wildman–Crippen MR) is 111 cm³/mol. The summed E-state index contributed by atoms with van der Waals surface area (Å²) in [5.74, 6) is 0.411. The van der Waals surface area contributed by atoms with Crippen LogP contribution in [0.25, 0.3) is 17.1 Å². The number of anilines is 1. The molecule has 1 aromatic heterocycles. The quantitative estimate of drug-likeness (QED) is 0.563. The molecule has 1 heterocycles. The van der Waals surface area contributed by atoms with Gasteiger partial charge in [0.2, 0.25) is 5.82 Å². The summed E-state index contributed by atoms with van der Waals surface area (Å²) in [4.78, 5) is 17.3. The fourth-order valence-corrected chi connectivity index (χ4v) is 2.96. The summed E-state index contributed by atoms with van der Waals surface area (Å²) < 4.78 is 1.71. The molecule has 0 bridgehead atoms. The zero-order valence-corrected chi connectivity index (χ0v) is 15.8. The molecule has 5 nitrogen and oxygen atoms in total. The van der Waals surface area contributed by atoms with E-state index in [1.54, 1.807) is 4.68 Å². The first-order valence-electron chi connectivity index (χ1n) is 9.08. The van der Waals surface area contributed by atoms with Crippen molar-refractivity contribution >= 4 is 11.6 Å². The highest BCUT2D eigenvalue weighted by molar-refractivity contribution is 6.01. The van der Waals surface area contributed by atoms with Gasteiger partial charge in [0.25, 0.3) is 5.91 Å². The average Bonchev–Trinajstić information content (AvgIpc) is 3.15. The van der Waals surface area contributed by atoms with Crippen LogP contribution < -0.4 is 5.32 Å². The van der Waals surface area contributed by atoms with E-state index in [9.17, 15) is 4.79 Å². The van der Waals surface area contributed by atoms with Gasteiger partial charge in [-0.1, -0.05) is 60.2 Å². The second-order valence-electron chi connectivity index (χ2n) is 6.70. The molecule has 4 rings (SSSR count). The SMILES string of the molecule is Cc1ccc(-n2nc(C(=O)Nc3cccc(C)c3)nc2-c2ccccc2)cc1. The molecule has 3 aromatic carbocycles. The Balaban J connectivity index is 1.74. The number of nitrogens with one attached hydrogen (secondary N) is 1. The van der Waals surface area contributed by atoms with Crippen LogP contribution >= 0.6 is 0 Å². The van der Waals surface area contributed by atoms with Gasteiger partial charge in [-0.2, -0.15) is 0 Å².